The maximum Gasteiger partial charge on any atom is 0.417 e. The number of halogens is 1. The highest BCUT2D eigenvalue weighted by Gasteiger charge is 2.20. The highest BCUT2D eigenvalue weighted by atomic mass is 35.5. The Hall–Kier alpha value is -4.34. The molecule has 0 spiro atoms. The maximum absolute atomic E-state index is 12.8. The molecule has 0 saturated heterocycles. The van der Waals surface area contributed by atoms with E-state index in [1.54, 1.807) is 72.6 Å². The number of aromatic amines is 2. The topological polar surface area (TPSA) is 118 Å². The lowest BCUT2D eigenvalue weighted by atomic mass is 10.0. The Balaban J connectivity index is 1.58. The van der Waals surface area contributed by atoms with Crippen LogP contribution in [0.5, 0.6) is 5.88 Å². The summed E-state index contributed by atoms with van der Waals surface area (Å²) < 4.78 is 5.26. The first-order valence-electron chi connectivity index (χ1n) is 11.9. The minimum Gasteiger partial charge on any atom is -0.494 e. The minimum absolute atomic E-state index is 0.0778. The van der Waals surface area contributed by atoms with Gasteiger partial charge in [0.1, 0.15) is 0 Å². The van der Waals surface area contributed by atoms with Crippen LogP contribution in [0.1, 0.15) is 21.5 Å². The predicted molar refractivity (Wildman–Crippen MR) is 149 cm³/mol. The molecule has 0 radical (unpaired) electrons. The van der Waals surface area contributed by atoms with Gasteiger partial charge in [0.25, 0.3) is 5.91 Å². The molecule has 38 heavy (non-hydrogen) atoms. The van der Waals surface area contributed by atoms with Gasteiger partial charge in [0, 0.05) is 41.7 Å². The lowest BCUT2D eigenvalue weighted by Crippen LogP contribution is -2.33. The number of hydrogen-bond donors (Lipinski definition) is 3. The van der Waals surface area contributed by atoms with Crippen molar-refractivity contribution in [2.24, 2.45) is 4.99 Å². The largest absolute Gasteiger partial charge is 0.494 e. The number of oxazole rings is 1. The molecule has 0 saturated carbocycles. The SMILES string of the molecule is CN(C)CCN(C)C(=O)c1ccc(N=C(c2ccc3[nH]c(=O)oc3c2)c2c(O)[nH]c3cc(Cl)ccc23)cc1. The van der Waals surface area contributed by atoms with Crippen molar-refractivity contribution < 1.29 is 14.3 Å². The summed E-state index contributed by atoms with van der Waals surface area (Å²) in [6, 6.07) is 17.4. The van der Waals surface area contributed by atoms with Crippen LogP contribution in [0.4, 0.5) is 5.69 Å². The summed E-state index contributed by atoms with van der Waals surface area (Å²) in [5, 5.41) is 12.1. The Morgan fingerprint density at radius 1 is 0.947 bits per heavy atom. The number of nitrogens with one attached hydrogen (secondary N) is 2. The van der Waals surface area contributed by atoms with Gasteiger partial charge in [-0.05, 0) is 62.6 Å². The van der Waals surface area contributed by atoms with E-state index in [1.165, 1.54) is 0 Å². The summed E-state index contributed by atoms with van der Waals surface area (Å²) in [5.74, 6) is -0.719. The summed E-state index contributed by atoms with van der Waals surface area (Å²) in [6.07, 6.45) is 0. The lowest BCUT2D eigenvalue weighted by molar-refractivity contribution is 0.0786. The Kier molecular flexibility index (Phi) is 6.79. The average Bonchev–Trinajstić information content (AvgIpc) is 3.42. The third-order valence-corrected chi connectivity index (χ3v) is 6.49. The molecule has 0 atom stereocenters. The zero-order chi connectivity index (χ0) is 27.0. The van der Waals surface area contributed by atoms with E-state index in [0.29, 0.717) is 56.3 Å². The van der Waals surface area contributed by atoms with Crippen LogP contribution in [0.15, 0.2) is 74.9 Å². The number of likely N-dealkylation sites (N-methyl/N-ethyl adjacent to an activating group) is 2. The standard InChI is InChI=1S/C28H26ClN5O4/c1-33(2)12-13-34(3)27(36)16-4-8-19(9-5-16)30-25(17-6-11-21-23(14-17)38-28(37)32-21)24-20-10-7-18(29)15-22(20)31-26(24)35/h4-11,14-15,31,35H,12-13H2,1-3H3,(H,32,37). The van der Waals surface area contributed by atoms with Crippen molar-refractivity contribution in [2.45, 2.75) is 0 Å². The molecule has 5 aromatic rings. The number of nitrogens with zero attached hydrogens (tertiary/aromatic N) is 3. The molecule has 1 amide bonds. The molecule has 2 heterocycles. The molecule has 194 valence electrons. The van der Waals surface area contributed by atoms with Crippen LogP contribution in [-0.4, -0.2) is 70.7 Å². The van der Waals surface area contributed by atoms with Gasteiger partial charge in [-0.15, -0.1) is 0 Å². The molecule has 0 aliphatic rings. The third-order valence-electron chi connectivity index (χ3n) is 6.26. The number of aromatic nitrogens is 2. The predicted octanol–water partition coefficient (Wildman–Crippen LogP) is 4.76. The van der Waals surface area contributed by atoms with Gasteiger partial charge in [-0.2, -0.15) is 0 Å². The smallest absolute Gasteiger partial charge is 0.417 e. The van der Waals surface area contributed by atoms with Gasteiger partial charge in [0.05, 0.1) is 28.0 Å². The van der Waals surface area contributed by atoms with E-state index in [4.69, 9.17) is 21.0 Å². The average molecular weight is 532 g/mol. The third kappa shape index (κ3) is 5.06. The first kappa shape index (κ1) is 25.3. The van der Waals surface area contributed by atoms with Gasteiger partial charge in [-0.1, -0.05) is 23.7 Å². The molecule has 3 aromatic carbocycles. The highest BCUT2D eigenvalue weighted by Crippen LogP contribution is 2.33. The van der Waals surface area contributed by atoms with Crippen LogP contribution in [0, 0.1) is 0 Å². The van der Waals surface area contributed by atoms with E-state index in [1.807, 2.05) is 19.0 Å². The zero-order valence-corrected chi connectivity index (χ0v) is 21.8. The second-order valence-corrected chi connectivity index (χ2v) is 9.74. The number of amides is 1. The molecule has 9 nitrogen and oxygen atoms in total. The van der Waals surface area contributed by atoms with Crippen LogP contribution in [-0.2, 0) is 0 Å². The number of aromatic hydroxyl groups is 1. The number of carbonyl (C=O) groups excluding carboxylic acids is 1. The van der Waals surface area contributed by atoms with Gasteiger partial charge in [0.2, 0.25) is 0 Å². The van der Waals surface area contributed by atoms with E-state index < -0.39 is 5.76 Å². The summed E-state index contributed by atoms with van der Waals surface area (Å²) in [6.45, 7) is 1.37. The van der Waals surface area contributed by atoms with Crippen molar-refractivity contribution in [3.63, 3.8) is 0 Å². The van der Waals surface area contributed by atoms with Crippen LogP contribution in [0.25, 0.3) is 22.0 Å². The summed E-state index contributed by atoms with van der Waals surface area (Å²) in [7, 11) is 5.70. The summed E-state index contributed by atoms with van der Waals surface area (Å²) >= 11 is 6.16. The van der Waals surface area contributed by atoms with Crippen molar-refractivity contribution >= 4 is 50.9 Å². The minimum atomic E-state index is -0.559. The summed E-state index contributed by atoms with van der Waals surface area (Å²) in [5.41, 5.74) is 4.22. The van der Waals surface area contributed by atoms with Crippen LogP contribution in [0.3, 0.4) is 0 Å². The molecule has 2 aromatic heterocycles. The van der Waals surface area contributed by atoms with Gasteiger partial charge >= 0.3 is 5.76 Å². The monoisotopic (exact) mass is 531 g/mol. The first-order chi connectivity index (χ1) is 18.2. The summed E-state index contributed by atoms with van der Waals surface area (Å²) in [4.78, 5) is 38.7. The maximum atomic E-state index is 12.8. The second kappa shape index (κ2) is 10.2. The number of rotatable bonds is 7. The van der Waals surface area contributed by atoms with E-state index in [0.717, 1.165) is 11.9 Å². The molecule has 0 fully saturated rings. The highest BCUT2D eigenvalue weighted by molar-refractivity contribution is 6.31. The van der Waals surface area contributed by atoms with Crippen molar-refractivity contribution in [3.05, 3.63) is 92.9 Å². The van der Waals surface area contributed by atoms with E-state index in [-0.39, 0.29) is 11.8 Å². The Bertz CT molecular complexity index is 1730. The molecule has 0 aliphatic carbocycles. The molecule has 0 bridgehead atoms. The Morgan fingerprint density at radius 3 is 2.42 bits per heavy atom. The van der Waals surface area contributed by atoms with Gasteiger partial charge in [-0.25, -0.2) is 9.79 Å². The number of fused-ring (bicyclic) bond motifs is 2. The molecule has 5 rings (SSSR count). The van der Waals surface area contributed by atoms with Crippen molar-refractivity contribution in [2.75, 3.05) is 34.2 Å². The second-order valence-electron chi connectivity index (χ2n) is 9.30. The molecular formula is C28H26ClN5O4. The van der Waals surface area contributed by atoms with Crippen molar-refractivity contribution in [1.82, 2.24) is 19.8 Å². The van der Waals surface area contributed by atoms with Crippen LogP contribution < -0.4 is 5.76 Å². The fraction of sp³-hybridized carbons (Fsp3) is 0.179. The lowest BCUT2D eigenvalue weighted by Gasteiger charge is -2.19. The number of carbonyl (C=O) groups is 1. The van der Waals surface area contributed by atoms with E-state index in [9.17, 15) is 14.7 Å². The fourth-order valence-electron chi connectivity index (χ4n) is 4.23. The number of hydrogen-bond acceptors (Lipinski definition) is 6. The molecular weight excluding hydrogens is 506 g/mol. The Morgan fingerprint density at radius 2 is 1.68 bits per heavy atom. The number of aliphatic imine (C=N–C) groups is 1. The molecule has 0 unspecified atom stereocenters. The molecule has 3 N–H and O–H groups in total. The van der Waals surface area contributed by atoms with Gasteiger partial charge in [-0.3, -0.25) is 9.78 Å². The molecule has 0 aliphatic heterocycles. The van der Waals surface area contributed by atoms with Crippen molar-refractivity contribution in [3.8, 4) is 5.88 Å². The van der Waals surface area contributed by atoms with E-state index in [2.05, 4.69) is 9.97 Å². The Labute approximate surface area is 223 Å². The van der Waals surface area contributed by atoms with Crippen LogP contribution >= 0.6 is 11.6 Å². The molecule has 10 heteroatoms. The van der Waals surface area contributed by atoms with Gasteiger partial charge in [0.15, 0.2) is 11.5 Å². The van der Waals surface area contributed by atoms with E-state index >= 15 is 0 Å². The van der Waals surface area contributed by atoms with Crippen LogP contribution in [0.2, 0.25) is 5.02 Å². The quantitative estimate of drug-likeness (QED) is 0.262. The number of H-pyrrole nitrogens is 2. The zero-order valence-electron chi connectivity index (χ0n) is 21.1. The first-order valence-corrected chi connectivity index (χ1v) is 12.3. The number of benzene rings is 3. The normalized spacial score (nSPS) is 12.1. The van der Waals surface area contributed by atoms with Crippen molar-refractivity contribution in [1.29, 1.82) is 0 Å². The van der Waals surface area contributed by atoms with Gasteiger partial charge < -0.3 is 24.3 Å². The fourth-order valence-corrected chi connectivity index (χ4v) is 4.40.